The van der Waals surface area contributed by atoms with Gasteiger partial charge in [-0.15, -0.1) is 0 Å². The summed E-state index contributed by atoms with van der Waals surface area (Å²) in [5.41, 5.74) is 0. The van der Waals surface area contributed by atoms with Gasteiger partial charge in [0.25, 0.3) is 0 Å². The molecular weight excluding hydrogens is 152 g/mol. The van der Waals surface area contributed by atoms with E-state index in [4.69, 9.17) is 0 Å². The molecule has 0 heterocycles. The van der Waals surface area contributed by atoms with Crippen LogP contribution in [0.25, 0.3) is 0 Å². The minimum absolute atomic E-state index is 0.257. The maximum atomic E-state index is 11.3. The van der Waals surface area contributed by atoms with E-state index in [0.29, 0.717) is 6.42 Å². The first-order valence-corrected chi connectivity index (χ1v) is 4.61. The van der Waals surface area contributed by atoms with Crippen LogP contribution in [0.15, 0.2) is 0 Å². The van der Waals surface area contributed by atoms with Gasteiger partial charge in [0.05, 0.1) is 0 Å². The van der Waals surface area contributed by atoms with Gasteiger partial charge in [0.2, 0.25) is 5.91 Å². The number of carbonyl (C=O) groups is 1. The summed E-state index contributed by atoms with van der Waals surface area (Å²) in [6, 6.07) is 0. The Bertz CT molecular complexity index is 126. The lowest BCUT2D eigenvalue weighted by atomic mass is 10.2. The molecule has 0 aromatic heterocycles. The minimum atomic E-state index is 0.257. The third kappa shape index (κ3) is 5.13. The van der Waals surface area contributed by atoms with Gasteiger partial charge in [0.15, 0.2) is 0 Å². The second-order valence-electron chi connectivity index (χ2n) is 3.02. The molecule has 3 heteroatoms. The third-order valence-corrected chi connectivity index (χ3v) is 1.87. The van der Waals surface area contributed by atoms with Gasteiger partial charge in [-0.2, -0.15) is 0 Å². The number of amides is 1. The number of carbonyl (C=O) groups excluding carboxylic acids is 1. The largest absolute Gasteiger partial charge is 0.344 e. The van der Waals surface area contributed by atoms with Crippen molar-refractivity contribution in [2.24, 2.45) is 0 Å². The van der Waals surface area contributed by atoms with Crippen molar-refractivity contribution in [2.45, 2.75) is 26.2 Å². The van der Waals surface area contributed by atoms with Crippen LogP contribution in [0.4, 0.5) is 0 Å². The van der Waals surface area contributed by atoms with Gasteiger partial charge in [0, 0.05) is 26.6 Å². The average Bonchev–Trinajstić information content (AvgIpc) is 2.10. The van der Waals surface area contributed by atoms with Gasteiger partial charge < -0.3 is 10.2 Å². The van der Waals surface area contributed by atoms with Crippen LogP contribution in [0.5, 0.6) is 0 Å². The molecule has 72 valence electrons. The molecule has 1 N–H and O–H groups in total. The molecule has 0 spiro atoms. The molecule has 0 aromatic rings. The molecule has 0 aliphatic rings. The lowest BCUT2D eigenvalue weighted by Crippen LogP contribution is -2.32. The highest BCUT2D eigenvalue weighted by Gasteiger charge is 2.05. The van der Waals surface area contributed by atoms with E-state index in [9.17, 15) is 4.79 Å². The second kappa shape index (κ2) is 7.10. The molecule has 0 radical (unpaired) electrons. The first-order valence-electron chi connectivity index (χ1n) is 4.61. The monoisotopic (exact) mass is 172 g/mol. The van der Waals surface area contributed by atoms with Crippen molar-refractivity contribution in [1.82, 2.24) is 10.2 Å². The van der Waals surface area contributed by atoms with E-state index in [1.807, 2.05) is 14.1 Å². The van der Waals surface area contributed by atoms with Crippen LogP contribution < -0.4 is 5.32 Å². The second-order valence-corrected chi connectivity index (χ2v) is 3.02. The van der Waals surface area contributed by atoms with Crippen LogP contribution >= 0.6 is 0 Å². The van der Waals surface area contributed by atoms with Gasteiger partial charge >= 0.3 is 0 Å². The summed E-state index contributed by atoms with van der Waals surface area (Å²) in [5, 5.41) is 3.02. The van der Waals surface area contributed by atoms with Gasteiger partial charge in [-0.1, -0.05) is 13.3 Å². The van der Waals surface area contributed by atoms with Gasteiger partial charge in [-0.3, -0.25) is 4.79 Å². The molecular formula is C9H20N2O. The molecule has 0 aliphatic carbocycles. The highest BCUT2D eigenvalue weighted by Crippen LogP contribution is 1.97. The maximum absolute atomic E-state index is 11.3. The highest BCUT2D eigenvalue weighted by molar-refractivity contribution is 5.75. The van der Waals surface area contributed by atoms with Crippen LogP contribution in [0.1, 0.15) is 26.2 Å². The number of rotatable bonds is 6. The Morgan fingerprint density at radius 2 is 2.17 bits per heavy atom. The van der Waals surface area contributed by atoms with E-state index in [-0.39, 0.29) is 5.91 Å². The molecule has 0 saturated heterocycles. The van der Waals surface area contributed by atoms with Crippen LogP contribution in [0.3, 0.4) is 0 Å². The van der Waals surface area contributed by atoms with E-state index < -0.39 is 0 Å². The summed E-state index contributed by atoms with van der Waals surface area (Å²) in [5.74, 6) is 0.257. The van der Waals surface area contributed by atoms with Crippen LogP contribution in [-0.2, 0) is 4.79 Å². The molecule has 1 amide bonds. The number of unbranched alkanes of at least 4 members (excludes halogenated alkanes) is 1. The summed E-state index contributed by atoms with van der Waals surface area (Å²) in [6.45, 7) is 3.77. The zero-order valence-corrected chi connectivity index (χ0v) is 8.39. The summed E-state index contributed by atoms with van der Waals surface area (Å²) >= 11 is 0. The Morgan fingerprint density at radius 3 is 2.67 bits per heavy atom. The van der Waals surface area contributed by atoms with Crippen LogP contribution in [0.2, 0.25) is 0 Å². The van der Waals surface area contributed by atoms with Crippen molar-refractivity contribution >= 4 is 5.91 Å². The van der Waals surface area contributed by atoms with Gasteiger partial charge in [-0.05, 0) is 13.5 Å². The van der Waals surface area contributed by atoms with E-state index in [1.165, 1.54) is 0 Å². The molecule has 0 bridgehead atoms. The average molecular weight is 172 g/mol. The van der Waals surface area contributed by atoms with Crippen molar-refractivity contribution in [3.63, 3.8) is 0 Å². The molecule has 12 heavy (non-hydrogen) atoms. The Morgan fingerprint density at radius 1 is 1.50 bits per heavy atom. The maximum Gasteiger partial charge on any atom is 0.222 e. The fourth-order valence-corrected chi connectivity index (χ4v) is 0.923. The third-order valence-electron chi connectivity index (χ3n) is 1.87. The lowest BCUT2D eigenvalue weighted by molar-refractivity contribution is -0.129. The van der Waals surface area contributed by atoms with Crippen molar-refractivity contribution in [3.05, 3.63) is 0 Å². The Balaban J connectivity index is 3.47. The Hall–Kier alpha value is -0.570. The number of nitrogens with zero attached hydrogens (tertiary/aromatic N) is 1. The predicted octanol–water partition coefficient (Wildman–Crippen LogP) is 0.854. The van der Waals surface area contributed by atoms with Crippen molar-refractivity contribution in [2.75, 3.05) is 27.2 Å². The molecule has 0 atom stereocenters. The Labute approximate surface area is 75.1 Å². The molecule has 3 nitrogen and oxygen atoms in total. The van der Waals surface area contributed by atoms with Gasteiger partial charge in [0.1, 0.15) is 0 Å². The molecule has 0 rings (SSSR count). The quantitative estimate of drug-likeness (QED) is 0.644. The minimum Gasteiger partial charge on any atom is -0.344 e. The first-order chi connectivity index (χ1) is 5.72. The number of likely N-dealkylation sites (N-methyl/N-ethyl adjacent to an activating group) is 2. The zero-order valence-electron chi connectivity index (χ0n) is 8.39. The van der Waals surface area contributed by atoms with Crippen LogP contribution in [0, 0.1) is 0 Å². The summed E-state index contributed by atoms with van der Waals surface area (Å²) in [4.78, 5) is 13.1. The van der Waals surface area contributed by atoms with Crippen molar-refractivity contribution < 1.29 is 4.79 Å². The number of hydrogen-bond donors (Lipinski definition) is 1. The molecule has 0 aliphatic heterocycles. The van der Waals surface area contributed by atoms with E-state index in [0.717, 1.165) is 25.9 Å². The molecule has 0 aromatic carbocycles. The van der Waals surface area contributed by atoms with E-state index >= 15 is 0 Å². The Kier molecular flexibility index (Phi) is 6.76. The normalized spacial score (nSPS) is 9.92. The first kappa shape index (κ1) is 11.4. The fourth-order valence-electron chi connectivity index (χ4n) is 0.923. The molecule has 0 saturated carbocycles. The molecule has 0 unspecified atom stereocenters. The molecule has 0 fully saturated rings. The smallest absolute Gasteiger partial charge is 0.222 e. The lowest BCUT2D eigenvalue weighted by Gasteiger charge is -2.16. The standard InChI is InChI=1S/C9H20N2O/c1-4-5-6-9(12)11(3)8-7-10-2/h10H,4-8H2,1-3H3. The SMILES string of the molecule is CCCCC(=O)N(C)CCNC. The summed E-state index contributed by atoms with van der Waals surface area (Å²) < 4.78 is 0. The predicted molar refractivity (Wildman–Crippen MR) is 51.1 cm³/mol. The zero-order chi connectivity index (χ0) is 9.40. The number of hydrogen-bond acceptors (Lipinski definition) is 2. The number of nitrogens with one attached hydrogen (secondary N) is 1. The fraction of sp³-hybridized carbons (Fsp3) is 0.889. The van der Waals surface area contributed by atoms with Gasteiger partial charge in [-0.25, -0.2) is 0 Å². The van der Waals surface area contributed by atoms with E-state index in [1.54, 1.807) is 4.90 Å². The highest BCUT2D eigenvalue weighted by atomic mass is 16.2. The summed E-state index contributed by atoms with van der Waals surface area (Å²) in [7, 11) is 3.75. The van der Waals surface area contributed by atoms with E-state index in [2.05, 4.69) is 12.2 Å². The topological polar surface area (TPSA) is 32.3 Å². The van der Waals surface area contributed by atoms with Crippen molar-refractivity contribution in [1.29, 1.82) is 0 Å². The van der Waals surface area contributed by atoms with Crippen LogP contribution in [-0.4, -0.2) is 38.0 Å². The van der Waals surface area contributed by atoms with Crippen molar-refractivity contribution in [3.8, 4) is 0 Å². The summed E-state index contributed by atoms with van der Waals surface area (Å²) in [6.07, 6.45) is 2.78.